The third-order valence-electron chi connectivity index (χ3n) is 15.0. The van der Waals surface area contributed by atoms with Gasteiger partial charge in [0.15, 0.2) is 0 Å². The van der Waals surface area contributed by atoms with Crippen LogP contribution in [0.4, 0.5) is 0 Å². The van der Waals surface area contributed by atoms with Gasteiger partial charge in [0, 0.05) is 6.54 Å². The van der Waals surface area contributed by atoms with Crippen molar-refractivity contribution in [3.05, 3.63) is 47.0 Å². The van der Waals surface area contributed by atoms with Crippen LogP contribution in [0.15, 0.2) is 35.9 Å². The largest absolute Gasteiger partial charge is 0.393 e. The third kappa shape index (κ3) is 4.02. The fraction of sp³-hybridized carbons (Fsp3) is 0.763. The van der Waals surface area contributed by atoms with Gasteiger partial charge in [0.05, 0.1) is 11.5 Å². The monoisotopic (exact) mass is 559 g/mol. The molecule has 0 unspecified atom stereocenters. The molecule has 0 saturated heterocycles. The minimum absolute atomic E-state index is 0.0242. The zero-order valence-electron chi connectivity index (χ0n) is 27.3. The number of hydrogen-bond donors (Lipinski definition) is 2. The smallest absolute Gasteiger partial charge is 0.227 e. The summed E-state index contributed by atoms with van der Waals surface area (Å²) >= 11 is 0. The first-order chi connectivity index (χ1) is 19.2. The Morgan fingerprint density at radius 3 is 2.44 bits per heavy atom. The zero-order chi connectivity index (χ0) is 29.6. The van der Waals surface area contributed by atoms with Crippen LogP contribution in [-0.2, 0) is 11.3 Å². The normalized spacial score (nSPS) is 46.7. The molecule has 0 aromatic heterocycles. The van der Waals surface area contributed by atoms with E-state index in [1.807, 2.05) is 0 Å². The molecule has 0 aliphatic heterocycles. The van der Waals surface area contributed by atoms with E-state index in [2.05, 4.69) is 91.0 Å². The van der Waals surface area contributed by atoms with Crippen LogP contribution in [0.1, 0.15) is 117 Å². The van der Waals surface area contributed by atoms with Crippen LogP contribution in [-0.4, -0.2) is 17.1 Å². The number of fused-ring (bicyclic) bond motifs is 7. The molecule has 1 amide bonds. The quantitative estimate of drug-likeness (QED) is 0.364. The van der Waals surface area contributed by atoms with E-state index in [0.717, 1.165) is 44.9 Å². The topological polar surface area (TPSA) is 49.3 Å². The summed E-state index contributed by atoms with van der Waals surface area (Å²) in [6.07, 6.45) is 12.5. The second kappa shape index (κ2) is 9.70. The lowest BCUT2D eigenvalue weighted by molar-refractivity contribution is -0.204. The molecule has 3 nitrogen and oxygen atoms in total. The third-order valence-corrected chi connectivity index (χ3v) is 15.0. The Hall–Kier alpha value is -1.61. The van der Waals surface area contributed by atoms with Crippen molar-refractivity contribution in [1.82, 2.24) is 5.32 Å². The van der Waals surface area contributed by atoms with Crippen LogP contribution in [0.3, 0.4) is 0 Å². The van der Waals surface area contributed by atoms with Crippen molar-refractivity contribution in [2.24, 2.45) is 56.7 Å². The SMILES string of the molecule is Cc1cccc(CNC(=O)[C@]23CC[C@@H](C)[C@H](C)[C@H]2C2=CC[C@@H]4[C@@]5(C)CC[C@H](O)C(C)(C)[C@@H]5CC[C@@]4(C)[C@]2(C)CC3)c1. The summed E-state index contributed by atoms with van der Waals surface area (Å²) in [6.45, 7) is 20.2. The van der Waals surface area contributed by atoms with E-state index in [1.165, 1.54) is 24.0 Å². The van der Waals surface area contributed by atoms with Crippen molar-refractivity contribution >= 4 is 5.91 Å². The summed E-state index contributed by atoms with van der Waals surface area (Å²) in [6, 6.07) is 8.56. The van der Waals surface area contributed by atoms with Gasteiger partial charge in [0.2, 0.25) is 5.91 Å². The van der Waals surface area contributed by atoms with Gasteiger partial charge < -0.3 is 10.4 Å². The van der Waals surface area contributed by atoms with Crippen molar-refractivity contribution in [1.29, 1.82) is 0 Å². The molecule has 4 fully saturated rings. The maximum absolute atomic E-state index is 14.4. The predicted octanol–water partition coefficient (Wildman–Crippen LogP) is 8.63. The van der Waals surface area contributed by atoms with Crippen LogP contribution in [0.25, 0.3) is 0 Å². The highest BCUT2D eigenvalue weighted by Gasteiger charge is 2.69. The summed E-state index contributed by atoms with van der Waals surface area (Å²) in [4.78, 5) is 14.4. The number of benzene rings is 1. The molecule has 4 saturated carbocycles. The first-order valence-electron chi connectivity index (χ1n) is 16.9. The average molecular weight is 560 g/mol. The van der Waals surface area contributed by atoms with E-state index >= 15 is 0 Å². The number of rotatable bonds is 3. The highest BCUT2D eigenvalue weighted by Crippen LogP contribution is 2.75. The highest BCUT2D eigenvalue weighted by molar-refractivity contribution is 5.84. The fourth-order valence-corrected chi connectivity index (χ4v) is 12.0. The van der Waals surface area contributed by atoms with Gasteiger partial charge in [0.25, 0.3) is 0 Å². The number of carbonyl (C=O) groups excluding carboxylic acids is 1. The van der Waals surface area contributed by atoms with E-state index in [1.54, 1.807) is 5.57 Å². The van der Waals surface area contributed by atoms with Crippen LogP contribution in [0.2, 0.25) is 0 Å². The molecule has 1 aromatic rings. The van der Waals surface area contributed by atoms with Gasteiger partial charge >= 0.3 is 0 Å². The molecule has 6 rings (SSSR count). The number of aryl methyl sites for hydroxylation is 1. The number of amides is 1. The van der Waals surface area contributed by atoms with E-state index in [0.29, 0.717) is 42.0 Å². The summed E-state index contributed by atoms with van der Waals surface area (Å²) in [5.41, 5.74) is 4.38. The first-order valence-corrected chi connectivity index (χ1v) is 16.9. The second-order valence-corrected chi connectivity index (χ2v) is 16.9. The summed E-state index contributed by atoms with van der Waals surface area (Å²) in [7, 11) is 0. The molecule has 41 heavy (non-hydrogen) atoms. The fourth-order valence-electron chi connectivity index (χ4n) is 12.0. The standard InChI is InChI=1S/C38H57NO2/c1-24-10-9-11-27(22-24)23-39-33(41)38-19-14-25(2)26(3)32(38)28-12-13-30-35(6)17-16-31(40)34(4,5)29(35)15-18-37(30,8)36(28,7)20-21-38/h9-12,22,25-26,29-32,40H,13-21,23H2,1-8H3,(H,39,41)/t25-,26+,29+,30-,31+,32+,35+,36-,37-,38+/m1/s1. The number of nitrogens with one attached hydrogen (secondary N) is 1. The lowest BCUT2D eigenvalue weighted by Crippen LogP contribution is -2.66. The summed E-state index contributed by atoms with van der Waals surface area (Å²) in [5.74, 6) is 2.98. The van der Waals surface area contributed by atoms with Crippen LogP contribution >= 0.6 is 0 Å². The molecule has 0 radical (unpaired) electrons. The molecular formula is C38H57NO2. The molecule has 2 N–H and O–H groups in total. The second-order valence-electron chi connectivity index (χ2n) is 16.9. The molecule has 0 heterocycles. The van der Waals surface area contributed by atoms with Gasteiger partial charge in [0.1, 0.15) is 0 Å². The van der Waals surface area contributed by atoms with Crippen molar-refractivity contribution in [2.75, 3.05) is 0 Å². The van der Waals surface area contributed by atoms with Crippen LogP contribution < -0.4 is 5.32 Å². The maximum Gasteiger partial charge on any atom is 0.227 e. The average Bonchev–Trinajstić information content (AvgIpc) is 2.92. The van der Waals surface area contributed by atoms with Crippen molar-refractivity contribution in [2.45, 2.75) is 126 Å². The van der Waals surface area contributed by atoms with Crippen molar-refractivity contribution in [3.63, 3.8) is 0 Å². The number of aliphatic hydroxyl groups excluding tert-OH is 1. The van der Waals surface area contributed by atoms with E-state index in [-0.39, 0.29) is 33.2 Å². The summed E-state index contributed by atoms with van der Waals surface area (Å²) in [5, 5.41) is 14.5. The van der Waals surface area contributed by atoms with Crippen LogP contribution in [0.5, 0.6) is 0 Å². The molecule has 226 valence electrons. The minimum atomic E-state index is -0.289. The lowest BCUT2D eigenvalue weighted by Gasteiger charge is -2.71. The molecule has 0 bridgehead atoms. The summed E-state index contributed by atoms with van der Waals surface area (Å²) < 4.78 is 0. The number of allylic oxidation sites excluding steroid dienone is 2. The lowest BCUT2D eigenvalue weighted by atomic mass is 9.33. The van der Waals surface area contributed by atoms with E-state index in [4.69, 9.17) is 0 Å². The molecule has 3 heteroatoms. The molecule has 0 spiro atoms. The van der Waals surface area contributed by atoms with Gasteiger partial charge in [-0.15, -0.1) is 0 Å². The Labute approximate surface area is 250 Å². The maximum atomic E-state index is 14.4. The van der Waals surface area contributed by atoms with Gasteiger partial charge in [-0.3, -0.25) is 4.79 Å². The number of hydrogen-bond acceptors (Lipinski definition) is 2. The van der Waals surface area contributed by atoms with Gasteiger partial charge in [-0.25, -0.2) is 0 Å². The molecule has 5 aliphatic carbocycles. The predicted molar refractivity (Wildman–Crippen MR) is 168 cm³/mol. The molecule has 10 atom stereocenters. The van der Waals surface area contributed by atoms with E-state index in [9.17, 15) is 9.90 Å². The Balaban J connectivity index is 1.36. The Morgan fingerprint density at radius 2 is 1.71 bits per heavy atom. The Morgan fingerprint density at radius 1 is 0.951 bits per heavy atom. The van der Waals surface area contributed by atoms with Gasteiger partial charge in [-0.2, -0.15) is 0 Å². The zero-order valence-corrected chi connectivity index (χ0v) is 27.3. The number of carbonyl (C=O) groups is 1. The molecule has 5 aliphatic rings. The van der Waals surface area contributed by atoms with Crippen molar-refractivity contribution in [3.8, 4) is 0 Å². The van der Waals surface area contributed by atoms with Gasteiger partial charge in [-0.05, 0) is 122 Å². The highest BCUT2D eigenvalue weighted by atomic mass is 16.3. The Bertz CT molecular complexity index is 1230. The molecule has 1 aromatic carbocycles. The van der Waals surface area contributed by atoms with Gasteiger partial charge in [-0.1, -0.05) is 89.9 Å². The van der Waals surface area contributed by atoms with E-state index < -0.39 is 0 Å². The van der Waals surface area contributed by atoms with Crippen LogP contribution in [0, 0.1) is 63.6 Å². The Kier molecular flexibility index (Phi) is 6.97. The minimum Gasteiger partial charge on any atom is -0.393 e. The number of aliphatic hydroxyl groups is 1. The molecular weight excluding hydrogens is 502 g/mol. The first kappa shape index (κ1) is 29.5. The van der Waals surface area contributed by atoms with Crippen molar-refractivity contribution < 1.29 is 9.90 Å².